The first-order chi connectivity index (χ1) is 6.77. The van der Waals surface area contributed by atoms with E-state index in [1.54, 1.807) is 17.0 Å². The van der Waals surface area contributed by atoms with Gasteiger partial charge < -0.3 is 4.98 Å². The molecule has 0 bridgehead atoms. The van der Waals surface area contributed by atoms with Crippen LogP contribution in [0, 0.1) is 0 Å². The highest BCUT2D eigenvalue weighted by Gasteiger charge is 2.27. The van der Waals surface area contributed by atoms with E-state index in [0.717, 1.165) is 28.3 Å². The van der Waals surface area contributed by atoms with Crippen molar-refractivity contribution < 1.29 is 0 Å². The van der Waals surface area contributed by atoms with Crippen LogP contribution in [0.1, 0.15) is 18.9 Å². The van der Waals surface area contributed by atoms with Crippen molar-refractivity contribution in [1.82, 2.24) is 14.5 Å². The largest absolute Gasteiger partial charge is 0.326 e. The molecule has 0 amide bonds. The Morgan fingerprint density at radius 2 is 2.29 bits per heavy atom. The molecular formula is C9H8BrN3O. The number of rotatable bonds is 1. The summed E-state index contributed by atoms with van der Waals surface area (Å²) in [6, 6.07) is 0.382. The smallest absolute Gasteiger partial charge is 0.304 e. The van der Waals surface area contributed by atoms with Gasteiger partial charge in [0.25, 0.3) is 0 Å². The highest BCUT2D eigenvalue weighted by molar-refractivity contribution is 9.10. The molecule has 1 aliphatic rings. The fourth-order valence-electron chi connectivity index (χ4n) is 1.70. The topological polar surface area (TPSA) is 50.7 Å². The predicted octanol–water partition coefficient (Wildman–Crippen LogP) is 1.82. The second-order valence-corrected chi connectivity index (χ2v) is 4.40. The Morgan fingerprint density at radius 3 is 3.00 bits per heavy atom. The minimum Gasteiger partial charge on any atom is -0.304 e. The third-order valence-electron chi connectivity index (χ3n) is 2.50. The maximum absolute atomic E-state index is 11.6. The molecule has 0 saturated heterocycles. The van der Waals surface area contributed by atoms with Gasteiger partial charge in [-0.15, -0.1) is 0 Å². The van der Waals surface area contributed by atoms with Crippen LogP contribution >= 0.6 is 15.9 Å². The molecular weight excluding hydrogens is 246 g/mol. The number of aromatic nitrogens is 3. The molecule has 1 saturated carbocycles. The summed E-state index contributed by atoms with van der Waals surface area (Å²) in [6.45, 7) is 0. The number of fused-ring (bicyclic) bond motifs is 1. The van der Waals surface area contributed by atoms with Gasteiger partial charge in [-0.1, -0.05) is 0 Å². The van der Waals surface area contributed by atoms with Crippen LogP contribution in [0.25, 0.3) is 11.0 Å². The van der Waals surface area contributed by atoms with Crippen LogP contribution in [0.2, 0.25) is 0 Å². The Morgan fingerprint density at radius 1 is 1.50 bits per heavy atom. The first-order valence-corrected chi connectivity index (χ1v) is 5.30. The summed E-state index contributed by atoms with van der Waals surface area (Å²) in [6.07, 6.45) is 5.62. The summed E-state index contributed by atoms with van der Waals surface area (Å²) < 4.78 is 2.64. The molecule has 4 nitrogen and oxygen atoms in total. The number of hydrogen-bond acceptors (Lipinski definition) is 2. The molecule has 2 aromatic heterocycles. The van der Waals surface area contributed by atoms with Crippen LogP contribution in [-0.2, 0) is 0 Å². The Labute approximate surface area is 88.1 Å². The van der Waals surface area contributed by atoms with E-state index in [2.05, 4.69) is 25.9 Å². The standard InChI is InChI=1S/C9H8BrN3O/c10-6-3-11-4-7-8(6)12-9(14)13(7)5-1-2-5/h3-5H,1-2H2,(H,12,14). The van der Waals surface area contributed by atoms with E-state index >= 15 is 0 Å². The summed E-state index contributed by atoms with van der Waals surface area (Å²) in [5.74, 6) is 0. The predicted molar refractivity (Wildman–Crippen MR) is 56.3 cm³/mol. The molecule has 72 valence electrons. The maximum atomic E-state index is 11.6. The first-order valence-electron chi connectivity index (χ1n) is 4.51. The number of hydrogen-bond donors (Lipinski definition) is 1. The van der Waals surface area contributed by atoms with Gasteiger partial charge in [-0.3, -0.25) is 9.55 Å². The summed E-state index contributed by atoms with van der Waals surface area (Å²) in [7, 11) is 0. The van der Waals surface area contributed by atoms with Crippen LogP contribution in [0.5, 0.6) is 0 Å². The van der Waals surface area contributed by atoms with E-state index < -0.39 is 0 Å². The molecule has 0 radical (unpaired) electrons. The third-order valence-corrected chi connectivity index (χ3v) is 3.10. The molecule has 1 N–H and O–H groups in total. The molecule has 2 aromatic rings. The molecule has 0 aliphatic heterocycles. The summed E-state index contributed by atoms with van der Waals surface area (Å²) in [5, 5.41) is 0. The lowest BCUT2D eigenvalue weighted by Gasteiger charge is -1.98. The van der Waals surface area contributed by atoms with E-state index in [9.17, 15) is 4.79 Å². The summed E-state index contributed by atoms with van der Waals surface area (Å²) in [4.78, 5) is 18.5. The van der Waals surface area contributed by atoms with E-state index in [4.69, 9.17) is 0 Å². The second-order valence-electron chi connectivity index (χ2n) is 3.55. The Balaban J connectivity index is 2.43. The van der Waals surface area contributed by atoms with Crippen LogP contribution in [0.3, 0.4) is 0 Å². The highest BCUT2D eigenvalue weighted by Crippen LogP contribution is 2.36. The number of halogens is 1. The molecule has 14 heavy (non-hydrogen) atoms. The maximum Gasteiger partial charge on any atom is 0.326 e. The molecule has 1 aliphatic carbocycles. The lowest BCUT2D eigenvalue weighted by molar-refractivity contribution is 0.732. The van der Waals surface area contributed by atoms with Crippen molar-refractivity contribution in [2.24, 2.45) is 0 Å². The zero-order valence-electron chi connectivity index (χ0n) is 7.33. The zero-order chi connectivity index (χ0) is 9.71. The zero-order valence-corrected chi connectivity index (χ0v) is 8.91. The minimum atomic E-state index is -0.0313. The van der Waals surface area contributed by atoms with Gasteiger partial charge in [0.05, 0.1) is 21.7 Å². The van der Waals surface area contributed by atoms with Crippen molar-refractivity contribution in [2.45, 2.75) is 18.9 Å². The fraction of sp³-hybridized carbons (Fsp3) is 0.333. The Bertz CT molecular complexity index is 553. The molecule has 0 spiro atoms. The molecule has 0 aromatic carbocycles. The quantitative estimate of drug-likeness (QED) is 0.843. The second kappa shape index (κ2) is 2.70. The lowest BCUT2D eigenvalue weighted by atomic mass is 10.4. The van der Waals surface area contributed by atoms with Crippen LogP contribution < -0.4 is 5.69 Å². The summed E-state index contributed by atoms with van der Waals surface area (Å²) >= 11 is 3.37. The van der Waals surface area contributed by atoms with Crippen LogP contribution in [-0.4, -0.2) is 14.5 Å². The van der Waals surface area contributed by atoms with Gasteiger partial charge in [0.2, 0.25) is 0 Å². The Kier molecular flexibility index (Phi) is 1.58. The molecule has 1 fully saturated rings. The van der Waals surface area contributed by atoms with Crippen LogP contribution in [0.15, 0.2) is 21.7 Å². The van der Waals surface area contributed by atoms with Gasteiger partial charge in [0.1, 0.15) is 0 Å². The van der Waals surface area contributed by atoms with E-state index in [1.165, 1.54) is 0 Å². The molecule has 5 heteroatoms. The highest BCUT2D eigenvalue weighted by atomic mass is 79.9. The number of pyridine rings is 1. The number of nitrogens with one attached hydrogen (secondary N) is 1. The first kappa shape index (κ1) is 8.23. The van der Waals surface area contributed by atoms with Crippen LogP contribution in [0.4, 0.5) is 0 Å². The van der Waals surface area contributed by atoms with Gasteiger partial charge in [-0.2, -0.15) is 0 Å². The van der Waals surface area contributed by atoms with Crippen molar-refractivity contribution in [3.8, 4) is 0 Å². The van der Waals surface area contributed by atoms with Crippen molar-refractivity contribution in [3.63, 3.8) is 0 Å². The van der Waals surface area contributed by atoms with E-state index in [0.29, 0.717) is 6.04 Å². The fourth-order valence-corrected chi connectivity index (χ4v) is 2.12. The van der Waals surface area contributed by atoms with Gasteiger partial charge in [-0.25, -0.2) is 4.79 Å². The van der Waals surface area contributed by atoms with Gasteiger partial charge in [0, 0.05) is 12.2 Å². The van der Waals surface area contributed by atoms with Crippen molar-refractivity contribution in [1.29, 1.82) is 0 Å². The van der Waals surface area contributed by atoms with Gasteiger partial charge in [0.15, 0.2) is 0 Å². The number of imidazole rings is 1. The minimum absolute atomic E-state index is 0.0313. The lowest BCUT2D eigenvalue weighted by Crippen LogP contribution is -2.14. The van der Waals surface area contributed by atoms with E-state index in [-0.39, 0.29) is 5.69 Å². The van der Waals surface area contributed by atoms with Crippen molar-refractivity contribution in [2.75, 3.05) is 0 Å². The molecule has 0 unspecified atom stereocenters. The average molecular weight is 254 g/mol. The van der Waals surface area contributed by atoms with E-state index in [1.807, 2.05) is 0 Å². The normalized spacial score (nSPS) is 16.4. The molecule has 0 atom stereocenters. The van der Waals surface area contributed by atoms with Crippen molar-refractivity contribution in [3.05, 3.63) is 27.4 Å². The summed E-state index contributed by atoms with van der Waals surface area (Å²) in [5.41, 5.74) is 1.71. The SMILES string of the molecule is O=c1[nH]c2c(Br)cncc2n1C1CC1. The van der Waals surface area contributed by atoms with Gasteiger partial charge >= 0.3 is 5.69 Å². The van der Waals surface area contributed by atoms with Crippen molar-refractivity contribution >= 4 is 27.0 Å². The average Bonchev–Trinajstić information content (AvgIpc) is 2.91. The number of H-pyrrole nitrogens is 1. The van der Waals surface area contributed by atoms with Gasteiger partial charge in [-0.05, 0) is 28.8 Å². The molecule has 3 rings (SSSR count). The molecule has 2 heterocycles. The Hall–Kier alpha value is -1.10. The monoisotopic (exact) mass is 253 g/mol. The number of nitrogens with zero attached hydrogens (tertiary/aromatic N) is 2. The number of aromatic amines is 1. The third kappa shape index (κ3) is 1.05.